The first kappa shape index (κ1) is 16.2. The molecule has 0 aromatic rings. The summed E-state index contributed by atoms with van der Waals surface area (Å²) in [7, 11) is 0. The molecule has 0 bridgehead atoms. The van der Waals surface area contributed by atoms with Crippen molar-refractivity contribution >= 4 is 17.7 Å². The van der Waals surface area contributed by atoms with Gasteiger partial charge in [0.2, 0.25) is 0 Å². The van der Waals surface area contributed by atoms with Crippen LogP contribution in [0.15, 0.2) is 0 Å². The fourth-order valence-electron chi connectivity index (χ4n) is 3.89. The molecule has 4 heteroatoms. The van der Waals surface area contributed by atoms with Gasteiger partial charge in [-0.3, -0.25) is 4.79 Å². The molecule has 1 heterocycles. The van der Waals surface area contributed by atoms with E-state index < -0.39 is 5.97 Å². The van der Waals surface area contributed by atoms with E-state index in [0.717, 1.165) is 12.8 Å². The SMILES string of the molecule is CC1SCCCC1NC1CCC(C(=O)O)C(C)(C)C1C. The van der Waals surface area contributed by atoms with Crippen LogP contribution in [0.2, 0.25) is 0 Å². The Hall–Kier alpha value is -0.220. The van der Waals surface area contributed by atoms with E-state index in [-0.39, 0.29) is 11.3 Å². The third-order valence-corrected chi connectivity index (χ3v) is 7.15. The Morgan fingerprint density at radius 1 is 1.20 bits per heavy atom. The van der Waals surface area contributed by atoms with Crippen molar-refractivity contribution in [2.75, 3.05) is 5.75 Å². The Morgan fingerprint density at radius 2 is 1.90 bits per heavy atom. The summed E-state index contributed by atoms with van der Waals surface area (Å²) in [5.74, 6) is 0.860. The minimum atomic E-state index is -0.623. The Morgan fingerprint density at radius 3 is 2.50 bits per heavy atom. The molecule has 0 radical (unpaired) electrons. The van der Waals surface area contributed by atoms with Crippen molar-refractivity contribution in [3.8, 4) is 0 Å². The van der Waals surface area contributed by atoms with Crippen LogP contribution in [0, 0.1) is 17.3 Å². The van der Waals surface area contributed by atoms with Crippen molar-refractivity contribution in [3.05, 3.63) is 0 Å². The second-order valence-corrected chi connectivity index (χ2v) is 8.66. The summed E-state index contributed by atoms with van der Waals surface area (Å²) in [5, 5.41) is 14.0. The molecule has 2 N–H and O–H groups in total. The van der Waals surface area contributed by atoms with Gasteiger partial charge in [-0.25, -0.2) is 0 Å². The quantitative estimate of drug-likeness (QED) is 0.839. The summed E-state index contributed by atoms with van der Waals surface area (Å²) in [5.41, 5.74) is -0.132. The summed E-state index contributed by atoms with van der Waals surface area (Å²) in [6.07, 6.45) is 4.36. The van der Waals surface area contributed by atoms with E-state index in [1.807, 2.05) is 0 Å². The molecular formula is C16H29NO2S. The number of hydrogen-bond donors (Lipinski definition) is 2. The third-order valence-electron chi connectivity index (χ3n) is 5.77. The fourth-order valence-corrected chi connectivity index (χ4v) is 5.04. The van der Waals surface area contributed by atoms with Gasteiger partial charge in [-0.05, 0) is 42.8 Å². The second-order valence-electron chi connectivity index (χ2n) is 7.18. The summed E-state index contributed by atoms with van der Waals surface area (Å²) >= 11 is 2.06. The topological polar surface area (TPSA) is 49.3 Å². The van der Waals surface area contributed by atoms with Crippen molar-refractivity contribution in [2.24, 2.45) is 17.3 Å². The molecule has 2 rings (SSSR count). The number of carbonyl (C=O) groups is 1. The highest BCUT2D eigenvalue weighted by molar-refractivity contribution is 7.99. The molecule has 1 saturated heterocycles. The zero-order chi connectivity index (χ0) is 14.9. The van der Waals surface area contributed by atoms with E-state index in [1.165, 1.54) is 18.6 Å². The molecule has 0 aromatic heterocycles. The number of hydrogen-bond acceptors (Lipinski definition) is 3. The van der Waals surface area contributed by atoms with E-state index in [1.54, 1.807) is 0 Å². The number of thioether (sulfide) groups is 1. The lowest BCUT2D eigenvalue weighted by molar-refractivity contribution is -0.150. The van der Waals surface area contributed by atoms with Crippen molar-refractivity contribution in [1.29, 1.82) is 0 Å². The smallest absolute Gasteiger partial charge is 0.307 e. The van der Waals surface area contributed by atoms with Gasteiger partial charge in [-0.2, -0.15) is 11.8 Å². The number of carboxylic acids is 1. The molecule has 5 atom stereocenters. The Bertz CT molecular complexity index is 358. The predicted molar refractivity (Wildman–Crippen MR) is 85.2 cm³/mol. The molecule has 0 spiro atoms. The predicted octanol–water partition coefficient (Wildman–Crippen LogP) is 3.39. The van der Waals surface area contributed by atoms with Crippen molar-refractivity contribution in [3.63, 3.8) is 0 Å². The van der Waals surface area contributed by atoms with Crippen LogP contribution in [-0.4, -0.2) is 34.2 Å². The van der Waals surface area contributed by atoms with Gasteiger partial charge < -0.3 is 10.4 Å². The largest absolute Gasteiger partial charge is 0.481 e. The van der Waals surface area contributed by atoms with E-state index in [9.17, 15) is 9.90 Å². The average Bonchev–Trinajstić information content (AvgIpc) is 2.37. The first-order valence-electron chi connectivity index (χ1n) is 7.94. The van der Waals surface area contributed by atoms with Crippen molar-refractivity contribution in [1.82, 2.24) is 5.32 Å². The molecule has 2 aliphatic rings. The van der Waals surface area contributed by atoms with Crippen LogP contribution < -0.4 is 5.32 Å². The van der Waals surface area contributed by atoms with Gasteiger partial charge in [0.25, 0.3) is 0 Å². The van der Waals surface area contributed by atoms with Gasteiger partial charge in [0.1, 0.15) is 0 Å². The van der Waals surface area contributed by atoms with Crippen LogP contribution in [0.3, 0.4) is 0 Å². The van der Waals surface area contributed by atoms with Gasteiger partial charge in [-0.15, -0.1) is 0 Å². The van der Waals surface area contributed by atoms with E-state index in [4.69, 9.17) is 0 Å². The zero-order valence-corrected chi connectivity index (χ0v) is 14.0. The van der Waals surface area contributed by atoms with E-state index >= 15 is 0 Å². The first-order valence-corrected chi connectivity index (χ1v) is 8.99. The molecular weight excluding hydrogens is 270 g/mol. The summed E-state index contributed by atoms with van der Waals surface area (Å²) in [6, 6.07) is 1.06. The Balaban J connectivity index is 2.02. The van der Waals surface area contributed by atoms with Crippen molar-refractivity contribution < 1.29 is 9.90 Å². The zero-order valence-electron chi connectivity index (χ0n) is 13.2. The maximum absolute atomic E-state index is 11.4. The number of carboxylic acid groups (broad SMARTS) is 1. The molecule has 0 amide bonds. The summed E-state index contributed by atoms with van der Waals surface area (Å²) < 4.78 is 0. The lowest BCUT2D eigenvalue weighted by Gasteiger charge is -2.48. The lowest BCUT2D eigenvalue weighted by Crippen LogP contribution is -2.55. The van der Waals surface area contributed by atoms with Gasteiger partial charge >= 0.3 is 5.97 Å². The highest BCUT2D eigenvalue weighted by Gasteiger charge is 2.46. The highest BCUT2D eigenvalue weighted by Crippen LogP contribution is 2.45. The minimum absolute atomic E-state index is 0.132. The van der Waals surface area contributed by atoms with Gasteiger partial charge in [0.15, 0.2) is 0 Å². The standard InChI is InChI=1S/C16H29NO2S/c1-10-13(17-14-6-5-9-20-11(14)2)8-7-12(15(18)19)16(10,3)4/h10-14,17H,5-9H2,1-4H3,(H,18,19). The van der Waals surface area contributed by atoms with Crippen LogP contribution in [0.4, 0.5) is 0 Å². The molecule has 1 saturated carbocycles. The lowest BCUT2D eigenvalue weighted by atomic mass is 9.61. The van der Waals surface area contributed by atoms with Gasteiger partial charge in [0, 0.05) is 17.3 Å². The Labute approximate surface area is 127 Å². The highest BCUT2D eigenvalue weighted by atomic mass is 32.2. The van der Waals surface area contributed by atoms with Crippen LogP contribution in [0.5, 0.6) is 0 Å². The molecule has 3 nitrogen and oxygen atoms in total. The van der Waals surface area contributed by atoms with Crippen molar-refractivity contribution in [2.45, 2.75) is 70.7 Å². The second kappa shape index (κ2) is 6.27. The van der Waals surface area contributed by atoms with Crippen LogP contribution in [0.1, 0.15) is 53.4 Å². The van der Waals surface area contributed by atoms with Gasteiger partial charge in [-0.1, -0.05) is 27.7 Å². The van der Waals surface area contributed by atoms with E-state index in [2.05, 4.69) is 44.8 Å². The molecule has 5 unspecified atom stereocenters. The molecule has 1 aliphatic heterocycles. The van der Waals surface area contributed by atoms with Crippen LogP contribution in [0.25, 0.3) is 0 Å². The molecule has 2 fully saturated rings. The normalized spacial score (nSPS) is 41.3. The minimum Gasteiger partial charge on any atom is -0.481 e. The number of aliphatic carboxylic acids is 1. The number of nitrogens with one attached hydrogen (secondary N) is 1. The molecule has 1 aliphatic carbocycles. The third kappa shape index (κ3) is 3.16. The van der Waals surface area contributed by atoms with Crippen LogP contribution >= 0.6 is 11.8 Å². The van der Waals surface area contributed by atoms with Gasteiger partial charge in [0.05, 0.1) is 5.92 Å². The maximum Gasteiger partial charge on any atom is 0.307 e. The molecule has 0 aromatic carbocycles. The summed E-state index contributed by atoms with van der Waals surface area (Å²) in [4.78, 5) is 11.4. The average molecular weight is 299 g/mol. The fraction of sp³-hybridized carbons (Fsp3) is 0.938. The van der Waals surface area contributed by atoms with E-state index in [0.29, 0.717) is 23.3 Å². The molecule has 20 heavy (non-hydrogen) atoms. The maximum atomic E-state index is 11.4. The summed E-state index contributed by atoms with van der Waals surface area (Å²) in [6.45, 7) is 8.81. The number of rotatable bonds is 3. The monoisotopic (exact) mass is 299 g/mol. The van der Waals surface area contributed by atoms with Crippen LogP contribution in [-0.2, 0) is 4.79 Å². The Kier molecular flexibility index (Phi) is 5.06. The molecule has 116 valence electrons. The first-order chi connectivity index (χ1) is 9.34.